The van der Waals surface area contributed by atoms with E-state index >= 15 is 0 Å². The molecular weight excluding hydrogens is 296 g/mol. The normalized spacial score (nSPS) is 20.0. The summed E-state index contributed by atoms with van der Waals surface area (Å²) in [5.74, 6) is -0.505. The van der Waals surface area contributed by atoms with Crippen LogP contribution in [-0.4, -0.2) is 43.5 Å². The summed E-state index contributed by atoms with van der Waals surface area (Å²) in [6.45, 7) is 0.211. The molecule has 7 nitrogen and oxygen atoms in total. The van der Waals surface area contributed by atoms with E-state index in [1.807, 2.05) is 0 Å². The number of nitrogens with one attached hydrogen (secondary N) is 1. The highest BCUT2D eigenvalue weighted by molar-refractivity contribution is 7.90. The summed E-state index contributed by atoms with van der Waals surface area (Å²) in [6.07, 6.45) is 1.71. The van der Waals surface area contributed by atoms with Crippen molar-refractivity contribution in [2.24, 2.45) is 0 Å². The first-order valence-electron chi connectivity index (χ1n) is 6.60. The first kappa shape index (κ1) is 15.6. The van der Waals surface area contributed by atoms with Crippen LogP contribution in [0.3, 0.4) is 0 Å². The molecule has 2 N–H and O–H groups in total. The lowest BCUT2D eigenvalue weighted by molar-refractivity contribution is -0.142. The van der Waals surface area contributed by atoms with Gasteiger partial charge in [0, 0.05) is 6.54 Å². The SMILES string of the molecule is COc1ccc(NS(=O)(=O)N2CCCCC2C(=O)O)cc1. The van der Waals surface area contributed by atoms with Gasteiger partial charge in [-0.05, 0) is 43.5 Å². The van der Waals surface area contributed by atoms with Crippen LogP contribution in [0, 0.1) is 0 Å². The highest BCUT2D eigenvalue weighted by Gasteiger charge is 2.36. The first-order valence-corrected chi connectivity index (χ1v) is 8.04. The quantitative estimate of drug-likeness (QED) is 0.854. The molecule has 0 spiro atoms. The maximum absolute atomic E-state index is 12.3. The lowest BCUT2D eigenvalue weighted by atomic mass is 10.1. The van der Waals surface area contributed by atoms with Gasteiger partial charge in [0.15, 0.2) is 0 Å². The Hall–Kier alpha value is -1.80. The second-order valence-electron chi connectivity index (χ2n) is 4.80. The minimum absolute atomic E-state index is 0.211. The number of piperidine rings is 1. The van der Waals surface area contributed by atoms with Crippen LogP contribution in [0.5, 0.6) is 5.75 Å². The average molecular weight is 314 g/mol. The molecule has 0 bridgehead atoms. The molecule has 0 radical (unpaired) electrons. The van der Waals surface area contributed by atoms with Crippen molar-refractivity contribution in [3.05, 3.63) is 24.3 Å². The Balaban J connectivity index is 2.17. The Bertz CT molecular complexity index is 599. The molecule has 1 heterocycles. The van der Waals surface area contributed by atoms with Gasteiger partial charge in [-0.3, -0.25) is 9.52 Å². The van der Waals surface area contributed by atoms with Crippen molar-refractivity contribution in [3.8, 4) is 5.75 Å². The average Bonchev–Trinajstić information content (AvgIpc) is 2.47. The molecule has 1 aromatic rings. The molecule has 1 fully saturated rings. The Morgan fingerprint density at radius 3 is 2.57 bits per heavy atom. The summed E-state index contributed by atoms with van der Waals surface area (Å²) in [4.78, 5) is 11.2. The predicted molar refractivity (Wildman–Crippen MR) is 77.5 cm³/mol. The van der Waals surface area contributed by atoms with Crippen molar-refractivity contribution in [3.63, 3.8) is 0 Å². The Labute approximate surface area is 123 Å². The maximum atomic E-state index is 12.3. The number of aliphatic carboxylic acids is 1. The smallest absolute Gasteiger partial charge is 0.322 e. The molecule has 1 aromatic carbocycles. The molecule has 1 aliphatic heterocycles. The number of methoxy groups -OCH3 is 1. The third kappa shape index (κ3) is 3.64. The van der Waals surface area contributed by atoms with Crippen LogP contribution >= 0.6 is 0 Å². The third-order valence-corrected chi connectivity index (χ3v) is 4.93. The molecule has 0 saturated carbocycles. The number of carboxylic acid groups (broad SMARTS) is 1. The largest absolute Gasteiger partial charge is 0.497 e. The van der Waals surface area contributed by atoms with E-state index in [1.54, 1.807) is 24.3 Å². The summed E-state index contributed by atoms with van der Waals surface area (Å²) in [7, 11) is -2.37. The van der Waals surface area contributed by atoms with Gasteiger partial charge in [-0.2, -0.15) is 12.7 Å². The van der Waals surface area contributed by atoms with Crippen molar-refractivity contribution in [2.75, 3.05) is 18.4 Å². The lowest BCUT2D eigenvalue weighted by Crippen LogP contribution is -2.49. The van der Waals surface area contributed by atoms with Gasteiger partial charge in [-0.15, -0.1) is 0 Å². The van der Waals surface area contributed by atoms with Crippen LogP contribution in [-0.2, 0) is 15.0 Å². The molecule has 1 saturated heterocycles. The van der Waals surface area contributed by atoms with Crippen LogP contribution in [0.2, 0.25) is 0 Å². The van der Waals surface area contributed by atoms with E-state index in [-0.39, 0.29) is 6.54 Å². The zero-order chi connectivity index (χ0) is 15.5. The predicted octanol–water partition coefficient (Wildman–Crippen LogP) is 1.29. The zero-order valence-corrected chi connectivity index (χ0v) is 12.5. The summed E-state index contributed by atoms with van der Waals surface area (Å²) in [5.41, 5.74) is 0.366. The van der Waals surface area contributed by atoms with Crippen LogP contribution in [0.15, 0.2) is 24.3 Å². The summed E-state index contributed by atoms with van der Waals surface area (Å²) in [5, 5.41) is 9.16. The van der Waals surface area contributed by atoms with E-state index < -0.39 is 22.2 Å². The molecule has 0 amide bonds. The second kappa shape index (κ2) is 6.31. The fraction of sp³-hybridized carbons (Fsp3) is 0.462. The molecular formula is C13H18N2O5S. The Kier molecular flexibility index (Phi) is 4.69. The van der Waals surface area contributed by atoms with Gasteiger partial charge in [-0.1, -0.05) is 0 Å². The second-order valence-corrected chi connectivity index (χ2v) is 6.42. The van der Waals surface area contributed by atoms with E-state index in [1.165, 1.54) is 7.11 Å². The minimum atomic E-state index is -3.89. The highest BCUT2D eigenvalue weighted by atomic mass is 32.2. The number of ether oxygens (including phenoxy) is 1. The number of benzene rings is 1. The fourth-order valence-electron chi connectivity index (χ4n) is 2.31. The lowest BCUT2D eigenvalue weighted by Gasteiger charge is -2.31. The number of hydrogen-bond acceptors (Lipinski definition) is 4. The topological polar surface area (TPSA) is 95.9 Å². The van der Waals surface area contributed by atoms with Crippen LogP contribution in [0.4, 0.5) is 5.69 Å². The van der Waals surface area contributed by atoms with Crippen molar-refractivity contribution < 1.29 is 23.1 Å². The highest BCUT2D eigenvalue weighted by Crippen LogP contribution is 2.23. The summed E-state index contributed by atoms with van der Waals surface area (Å²) < 4.78 is 33.1. The zero-order valence-electron chi connectivity index (χ0n) is 11.7. The summed E-state index contributed by atoms with van der Waals surface area (Å²) in [6, 6.07) is 5.38. The number of hydrogen-bond donors (Lipinski definition) is 2. The molecule has 8 heteroatoms. The van der Waals surface area contributed by atoms with Crippen LogP contribution in [0.25, 0.3) is 0 Å². The first-order chi connectivity index (χ1) is 9.94. The Morgan fingerprint density at radius 2 is 2.00 bits per heavy atom. The number of carbonyl (C=O) groups is 1. The van der Waals surface area contributed by atoms with Gasteiger partial charge >= 0.3 is 16.2 Å². The molecule has 116 valence electrons. The number of rotatable bonds is 5. The molecule has 1 unspecified atom stereocenters. The van der Waals surface area contributed by atoms with Crippen LogP contribution in [0.1, 0.15) is 19.3 Å². The number of carboxylic acids is 1. The Morgan fingerprint density at radius 1 is 1.33 bits per heavy atom. The molecule has 1 aliphatic rings. The molecule has 0 aromatic heterocycles. The molecule has 1 atom stereocenters. The van der Waals surface area contributed by atoms with Gasteiger partial charge in [-0.25, -0.2) is 0 Å². The molecule has 0 aliphatic carbocycles. The van der Waals surface area contributed by atoms with Gasteiger partial charge in [0.2, 0.25) is 0 Å². The van der Waals surface area contributed by atoms with Crippen molar-refractivity contribution >= 4 is 21.9 Å². The number of nitrogens with zero attached hydrogens (tertiary/aromatic N) is 1. The maximum Gasteiger partial charge on any atom is 0.322 e. The summed E-state index contributed by atoms with van der Waals surface area (Å²) >= 11 is 0. The van der Waals surface area contributed by atoms with Crippen molar-refractivity contribution in [1.82, 2.24) is 4.31 Å². The fourth-order valence-corrected chi connectivity index (χ4v) is 3.76. The van der Waals surface area contributed by atoms with Gasteiger partial charge in [0.1, 0.15) is 11.8 Å². The van der Waals surface area contributed by atoms with Crippen LogP contribution < -0.4 is 9.46 Å². The van der Waals surface area contributed by atoms with E-state index in [2.05, 4.69) is 4.72 Å². The van der Waals surface area contributed by atoms with Gasteiger partial charge in [0.25, 0.3) is 0 Å². The third-order valence-electron chi connectivity index (χ3n) is 3.38. The van der Waals surface area contributed by atoms with Crippen molar-refractivity contribution in [1.29, 1.82) is 0 Å². The van der Waals surface area contributed by atoms with E-state index in [4.69, 9.17) is 9.84 Å². The van der Waals surface area contributed by atoms with Crippen molar-refractivity contribution in [2.45, 2.75) is 25.3 Å². The minimum Gasteiger partial charge on any atom is -0.497 e. The molecule has 2 rings (SSSR count). The standard InChI is InChI=1S/C13H18N2O5S/c1-20-11-7-5-10(6-8-11)14-21(18,19)15-9-3-2-4-12(15)13(16)17/h5-8,12,14H,2-4,9H2,1H3,(H,16,17). The molecule has 21 heavy (non-hydrogen) atoms. The van der Waals surface area contributed by atoms with Gasteiger partial charge in [0.05, 0.1) is 12.8 Å². The van der Waals surface area contributed by atoms with E-state index in [0.717, 1.165) is 4.31 Å². The monoisotopic (exact) mass is 314 g/mol. The van der Waals surface area contributed by atoms with E-state index in [9.17, 15) is 13.2 Å². The van der Waals surface area contributed by atoms with E-state index in [0.29, 0.717) is 30.7 Å². The van der Waals surface area contributed by atoms with Gasteiger partial charge < -0.3 is 9.84 Å². The number of anilines is 1.